The van der Waals surface area contributed by atoms with Crippen LogP contribution in [-0.4, -0.2) is 18.5 Å². The van der Waals surface area contributed by atoms with E-state index in [1.54, 1.807) is 6.26 Å². The zero-order valence-electron chi connectivity index (χ0n) is 10.3. The smallest absolute Gasteiger partial charge is 0.367 e. The SMILES string of the molecule is CCOC=C1N=C(c2cccc3occc23)OC1=O. The molecule has 2 heterocycles. The predicted octanol–water partition coefficient (Wildman–Crippen LogP) is 2.61. The summed E-state index contributed by atoms with van der Waals surface area (Å²) < 4.78 is 15.5. The van der Waals surface area contributed by atoms with Gasteiger partial charge < -0.3 is 13.9 Å². The number of fused-ring (bicyclic) bond motifs is 1. The molecule has 1 aromatic heterocycles. The average Bonchev–Trinajstić information content (AvgIpc) is 3.02. The highest BCUT2D eigenvalue weighted by atomic mass is 16.6. The van der Waals surface area contributed by atoms with E-state index in [9.17, 15) is 4.79 Å². The first-order chi connectivity index (χ1) is 9.29. The molecule has 2 aromatic rings. The van der Waals surface area contributed by atoms with Crippen LogP contribution in [0.25, 0.3) is 11.0 Å². The molecule has 5 heteroatoms. The summed E-state index contributed by atoms with van der Waals surface area (Å²) in [6.45, 7) is 2.30. The van der Waals surface area contributed by atoms with E-state index in [1.807, 2.05) is 31.2 Å². The molecule has 1 aliphatic rings. The number of hydrogen-bond donors (Lipinski definition) is 0. The van der Waals surface area contributed by atoms with Crippen molar-refractivity contribution >= 4 is 22.8 Å². The molecule has 0 N–H and O–H groups in total. The lowest BCUT2D eigenvalue weighted by atomic mass is 10.1. The summed E-state index contributed by atoms with van der Waals surface area (Å²) in [5.74, 6) is -0.244. The Kier molecular flexibility index (Phi) is 2.79. The van der Waals surface area contributed by atoms with Crippen LogP contribution in [0.15, 0.2) is 51.9 Å². The largest absolute Gasteiger partial charge is 0.499 e. The molecule has 0 fully saturated rings. The summed E-state index contributed by atoms with van der Waals surface area (Å²) in [6.07, 6.45) is 2.90. The number of furan rings is 1. The Hall–Kier alpha value is -2.56. The molecule has 0 atom stereocenters. The summed E-state index contributed by atoms with van der Waals surface area (Å²) >= 11 is 0. The Labute approximate surface area is 109 Å². The fourth-order valence-corrected chi connectivity index (χ4v) is 1.85. The molecule has 3 rings (SSSR count). The van der Waals surface area contributed by atoms with Gasteiger partial charge >= 0.3 is 5.97 Å². The maximum absolute atomic E-state index is 11.6. The molecule has 96 valence electrons. The van der Waals surface area contributed by atoms with Crippen molar-refractivity contribution in [2.45, 2.75) is 6.92 Å². The molecule has 1 aromatic carbocycles. The minimum atomic E-state index is -0.510. The van der Waals surface area contributed by atoms with Crippen molar-refractivity contribution in [3.8, 4) is 0 Å². The van der Waals surface area contributed by atoms with Gasteiger partial charge in [0.1, 0.15) is 11.8 Å². The van der Waals surface area contributed by atoms with Crippen LogP contribution in [0.3, 0.4) is 0 Å². The molecule has 0 bridgehead atoms. The van der Waals surface area contributed by atoms with Crippen molar-refractivity contribution in [1.82, 2.24) is 0 Å². The molecule has 19 heavy (non-hydrogen) atoms. The molecule has 0 radical (unpaired) electrons. The Morgan fingerprint density at radius 3 is 3.11 bits per heavy atom. The minimum Gasteiger partial charge on any atom is -0.499 e. The van der Waals surface area contributed by atoms with E-state index in [-0.39, 0.29) is 11.6 Å². The van der Waals surface area contributed by atoms with Crippen LogP contribution in [0, 0.1) is 0 Å². The third-order valence-electron chi connectivity index (χ3n) is 2.71. The molecule has 0 aliphatic carbocycles. The lowest BCUT2D eigenvalue weighted by Crippen LogP contribution is -2.05. The zero-order valence-corrected chi connectivity index (χ0v) is 10.3. The van der Waals surface area contributed by atoms with Crippen LogP contribution in [0.2, 0.25) is 0 Å². The number of esters is 1. The van der Waals surface area contributed by atoms with Crippen LogP contribution in [0.4, 0.5) is 0 Å². The number of hydrogen-bond acceptors (Lipinski definition) is 5. The van der Waals surface area contributed by atoms with Gasteiger partial charge in [0.25, 0.3) is 0 Å². The molecule has 1 aliphatic heterocycles. The Bertz CT molecular complexity index is 696. The summed E-state index contributed by atoms with van der Waals surface area (Å²) in [4.78, 5) is 15.8. The summed E-state index contributed by atoms with van der Waals surface area (Å²) in [6, 6.07) is 7.30. The highest BCUT2D eigenvalue weighted by molar-refractivity contribution is 6.15. The second kappa shape index (κ2) is 4.61. The number of carbonyl (C=O) groups excluding carboxylic acids is 1. The van der Waals surface area contributed by atoms with E-state index in [2.05, 4.69) is 4.99 Å². The molecular weight excluding hydrogens is 246 g/mol. The maximum Gasteiger partial charge on any atom is 0.367 e. The lowest BCUT2D eigenvalue weighted by molar-refractivity contribution is -0.130. The molecule has 0 saturated carbocycles. The van der Waals surface area contributed by atoms with Gasteiger partial charge in [-0.1, -0.05) is 6.07 Å². The second-order valence-corrected chi connectivity index (χ2v) is 3.90. The van der Waals surface area contributed by atoms with Gasteiger partial charge in [0.15, 0.2) is 5.70 Å². The number of carbonyl (C=O) groups is 1. The van der Waals surface area contributed by atoms with Crippen molar-refractivity contribution in [3.63, 3.8) is 0 Å². The van der Waals surface area contributed by atoms with Gasteiger partial charge in [0, 0.05) is 10.9 Å². The first-order valence-electron chi connectivity index (χ1n) is 5.89. The van der Waals surface area contributed by atoms with Crippen LogP contribution in [0.5, 0.6) is 0 Å². The van der Waals surface area contributed by atoms with E-state index < -0.39 is 5.97 Å². The quantitative estimate of drug-likeness (QED) is 0.481. The van der Waals surface area contributed by atoms with Crippen molar-refractivity contribution in [2.75, 3.05) is 6.61 Å². The standard InChI is InChI=1S/C14H11NO4/c1-2-17-8-11-14(16)19-13(15-11)10-4-3-5-12-9(10)6-7-18-12/h3-8H,2H2,1H3. The molecule has 5 nitrogen and oxygen atoms in total. The van der Waals surface area contributed by atoms with E-state index in [0.717, 1.165) is 16.5 Å². The van der Waals surface area contributed by atoms with Crippen molar-refractivity contribution in [1.29, 1.82) is 0 Å². The third kappa shape index (κ3) is 1.99. The first-order valence-corrected chi connectivity index (χ1v) is 5.89. The fraction of sp³-hybridized carbons (Fsp3) is 0.143. The molecule has 0 amide bonds. The summed E-state index contributed by atoms with van der Waals surface area (Å²) in [7, 11) is 0. The van der Waals surface area contributed by atoms with Crippen molar-refractivity contribution in [3.05, 3.63) is 48.1 Å². The van der Waals surface area contributed by atoms with Crippen molar-refractivity contribution in [2.24, 2.45) is 4.99 Å². The van der Waals surface area contributed by atoms with Gasteiger partial charge in [-0.15, -0.1) is 0 Å². The fourth-order valence-electron chi connectivity index (χ4n) is 1.85. The van der Waals surface area contributed by atoms with Gasteiger partial charge in [-0.25, -0.2) is 9.79 Å². The normalized spacial score (nSPS) is 16.8. The van der Waals surface area contributed by atoms with E-state index in [0.29, 0.717) is 6.61 Å². The maximum atomic E-state index is 11.6. The average molecular weight is 257 g/mol. The lowest BCUT2D eigenvalue weighted by Gasteiger charge is -2.00. The number of cyclic esters (lactones) is 1. The first kappa shape index (κ1) is 11.5. The molecular formula is C14H11NO4. The highest BCUT2D eigenvalue weighted by Crippen LogP contribution is 2.24. The molecule has 0 spiro atoms. The summed E-state index contributed by atoms with van der Waals surface area (Å²) in [5, 5.41) is 0.853. The van der Waals surface area contributed by atoms with Crippen LogP contribution in [0.1, 0.15) is 12.5 Å². The predicted molar refractivity (Wildman–Crippen MR) is 68.6 cm³/mol. The van der Waals surface area contributed by atoms with E-state index in [4.69, 9.17) is 13.9 Å². The van der Waals surface area contributed by atoms with Gasteiger partial charge in [0.2, 0.25) is 5.90 Å². The number of aliphatic imine (C=N–C) groups is 1. The topological polar surface area (TPSA) is 61.0 Å². The molecule has 0 unspecified atom stereocenters. The summed E-state index contributed by atoms with van der Waals surface area (Å²) in [5.41, 5.74) is 1.61. The monoisotopic (exact) mass is 257 g/mol. The van der Waals surface area contributed by atoms with Gasteiger partial charge in [-0.2, -0.15) is 0 Å². The van der Waals surface area contributed by atoms with Gasteiger partial charge in [-0.3, -0.25) is 0 Å². The van der Waals surface area contributed by atoms with Crippen LogP contribution in [-0.2, 0) is 14.3 Å². The Balaban J connectivity index is 2.03. The number of benzene rings is 1. The van der Waals surface area contributed by atoms with E-state index in [1.165, 1.54) is 6.26 Å². The van der Waals surface area contributed by atoms with Gasteiger partial charge in [-0.05, 0) is 25.1 Å². The van der Waals surface area contributed by atoms with Gasteiger partial charge in [0.05, 0.1) is 12.9 Å². The Morgan fingerprint density at radius 2 is 2.26 bits per heavy atom. The van der Waals surface area contributed by atoms with Crippen LogP contribution >= 0.6 is 0 Å². The second-order valence-electron chi connectivity index (χ2n) is 3.90. The minimum absolute atomic E-state index is 0.164. The highest BCUT2D eigenvalue weighted by Gasteiger charge is 2.26. The number of ether oxygens (including phenoxy) is 2. The number of nitrogens with zero attached hydrogens (tertiary/aromatic N) is 1. The number of rotatable bonds is 3. The zero-order chi connectivity index (χ0) is 13.2. The Morgan fingerprint density at radius 1 is 1.37 bits per heavy atom. The van der Waals surface area contributed by atoms with Crippen LogP contribution < -0.4 is 0 Å². The third-order valence-corrected chi connectivity index (χ3v) is 2.71. The van der Waals surface area contributed by atoms with Crippen molar-refractivity contribution < 1.29 is 18.7 Å². The van der Waals surface area contributed by atoms with E-state index >= 15 is 0 Å². The molecule has 0 saturated heterocycles.